The normalized spacial score (nSPS) is 14.8. The van der Waals surface area contributed by atoms with Crippen molar-refractivity contribution in [1.82, 2.24) is 20.0 Å². The average Bonchev–Trinajstić information content (AvgIpc) is 3.13. The fourth-order valence-electron chi connectivity index (χ4n) is 2.12. The van der Waals surface area contributed by atoms with E-state index >= 15 is 0 Å². The second-order valence-electron chi connectivity index (χ2n) is 5.25. The van der Waals surface area contributed by atoms with E-state index in [1.54, 1.807) is 10.8 Å². The Balaban J connectivity index is 1.66. The number of hydrogen-bond acceptors (Lipinski definition) is 5. The lowest BCUT2D eigenvalue weighted by atomic mass is 10.2. The van der Waals surface area contributed by atoms with Crippen LogP contribution in [0.3, 0.4) is 0 Å². The van der Waals surface area contributed by atoms with Gasteiger partial charge in [0.25, 0.3) is 0 Å². The van der Waals surface area contributed by atoms with Crippen LogP contribution in [0.2, 0.25) is 0 Å². The third-order valence-corrected chi connectivity index (χ3v) is 4.56. The summed E-state index contributed by atoms with van der Waals surface area (Å²) < 4.78 is 1.81. The number of aromatic nitrogens is 4. The lowest BCUT2D eigenvalue weighted by Crippen LogP contribution is -2.07. The number of nitrogens with one attached hydrogen (secondary N) is 1. The van der Waals surface area contributed by atoms with Gasteiger partial charge < -0.3 is 0 Å². The zero-order valence-corrected chi connectivity index (χ0v) is 13.1. The number of anilines is 1. The van der Waals surface area contributed by atoms with Crippen molar-refractivity contribution >= 4 is 28.5 Å². The quantitative estimate of drug-likeness (QED) is 0.880. The van der Waals surface area contributed by atoms with Crippen LogP contribution < -0.4 is 5.32 Å². The van der Waals surface area contributed by atoms with E-state index in [0.717, 1.165) is 22.0 Å². The molecule has 3 rings (SSSR count). The molecule has 0 unspecified atom stereocenters. The highest BCUT2D eigenvalue weighted by atomic mass is 32.1. The van der Waals surface area contributed by atoms with Crippen LogP contribution in [0.4, 0.5) is 5.13 Å². The monoisotopic (exact) mass is 303 g/mol. The molecule has 21 heavy (non-hydrogen) atoms. The summed E-state index contributed by atoms with van der Waals surface area (Å²) in [5, 5.41) is 16.7. The number of aryl methyl sites for hydroxylation is 2. The van der Waals surface area contributed by atoms with Crippen LogP contribution >= 0.6 is 11.3 Å². The molecule has 0 bridgehead atoms. The summed E-state index contributed by atoms with van der Waals surface area (Å²) in [6.45, 7) is 3.90. The number of hydrogen-bond donors (Lipinski definition) is 1. The van der Waals surface area contributed by atoms with E-state index in [4.69, 9.17) is 0 Å². The van der Waals surface area contributed by atoms with Gasteiger partial charge in [-0.15, -0.1) is 10.2 Å². The highest BCUT2D eigenvalue weighted by molar-refractivity contribution is 7.15. The Morgan fingerprint density at radius 2 is 2.14 bits per heavy atom. The highest BCUT2D eigenvalue weighted by Gasteiger charge is 2.27. The van der Waals surface area contributed by atoms with Crippen molar-refractivity contribution < 1.29 is 4.79 Å². The van der Waals surface area contributed by atoms with Gasteiger partial charge in [0.05, 0.1) is 5.69 Å². The van der Waals surface area contributed by atoms with E-state index in [1.165, 1.54) is 30.3 Å². The maximum absolute atomic E-state index is 11.9. The van der Waals surface area contributed by atoms with Crippen molar-refractivity contribution in [3.05, 3.63) is 28.0 Å². The maximum Gasteiger partial charge on any atom is 0.250 e. The summed E-state index contributed by atoms with van der Waals surface area (Å²) in [6.07, 6.45) is 5.66. The molecule has 7 heteroatoms. The third-order valence-electron chi connectivity index (χ3n) is 3.56. The molecular formula is C14H17N5OS. The van der Waals surface area contributed by atoms with Crippen molar-refractivity contribution in [2.75, 3.05) is 5.32 Å². The smallest absolute Gasteiger partial charge is 0.250 e. The van der Waals surface area contributed by atoms with Crippen molar-refractivity contribution in [3.8, 4) is 0 Å². The zero-order chi connectivity index (χ0) is 15.0. The van der Waals surface area contributed by atoms with Crippen molar-refractivity contribution in [2.45, 2.75) is 32.6 Å². The minimum absolute atomic E-state index is 0.198. The van der Waals surface area contributed by atoms with Crippen molar-refractivity contribution in [1.29, 1.82) is 0 Å². The number of carbonyl (C=O) groups is 1. The van der Waals surface area contributed by atoms with E-state index < -0.39 is 0 Å². The van der Waals surface area contributed by atoms with Gasteiger partial charge in [0.15, 0.2) is 0 Å². The molecule has 2 aromatic heterocycles. The van der Waals surface area contributed by atoms with E-state index in [2.05, 4.69) is 20.6 Å². The molecule has 1 amide bonds. The van der Waals surface area contributed by atoms with E-state index in [9.17, 15) is 4.79 Å². The van der Waals surface area contributed by atoms with Gasteiger partial charge in [0.1, 0.15) is 5.01 Å². The van der Waals surface area contributed by atoms with Gasteiger partial charge in [-0.1, -0.05) is 11.3 Å². The van der Waals surface area contributed by atoms with E-state index in [-0.39, 0.29) is 5.91 Å². The van der Waals surface area contributed by atoms with E-state index in [1.807, 2.05) is 20.9 Å². The Bertz CT molecular complexity index is 711. The molecular weight excluding hydrogens is 286 g/mol. The Labute approximate surface area is 126 Å². The molecule has 6 nitrogen and oxygen atoms in total. The molecule has 1 saturated carbocycles. The van der Waals surface area contributed by atoms with Crippen LogP contribution in [-0.2, 0) is 11.8 Å². The van der Waals surface area contributed by atoms with Crippen LogP contribution in [-0.4, -0.2) is 25.9 Å². The molecule has 0 spiro atoms. The van der Waals surface area contributed by atoms with Gasteiger partial charge in [0, 0.05) is 30.3 Å². The first-order valence-electron chi connectivity index (χ1n) is 6.87. The number of nitrogens with zero attached hydrogens (tertiary/aromatic N) is 4. The zero-order valence-electron chi connectivity index (χ0n) is 12.3. The van der Waals surface area contributed by atoms with Gasteiger partial charge in [0.2, 0.25) is 11.0 Å². The van der Waals surface area contributed by atoms with Crippen LogP contribution in [0.25, 0.3) is 6.08 Å². The molecule has 2 heterocycles. The number of amides is 1. The summed E-state index contributed by atoms with van der Waals surface area (Å²) in [5.41, 5.74) is 2.91. The first kappa shape index (κ1) is 13.9. The average molecular weight is 303 g/mol. The Hall–Kier alpha value is -2.02. The summed E-state index contributed by atoms with van der Waals surface area (Å²) in [5.74, 6) is 0.362. The molecule has 1 aliphatic carbocycles. The van der Waals surface area contributed by atoms with Crippen molar-refractivity contribution in [2.24, 2.45) is 7.05 Å². The van der Waals surface area contributed by atoms with Gasteiger partial charge in [-0.2, -0.15) is 5.10 Å². The summed E-state index contributed by atoms with van der Waals surface area (Å²) in [7, 11) is 1.89. The molecule has 0 radical (unpaired) electrons. The molecule has 1 fully saturated rings. The van der Waals surface area contributed by atoms with Crippen LogP contribution in [0, 0.1) is 13.8 Å². The molecule has 1 aliphatic rings. The number of carbonyl (C=O) groups excluding carboxylic acids is 1. The minimum Gasteiger partial charge on any atom is -0.297 e. The highest BCUT2D eigenvalue weighted by Crippen LogP contribution is 2.42. The Morgan fingerprint density at radius 3 is 2.76 bits per heavy atom. The lowest BCUT2D eigenvalue weighted by molar-refractivity contribution is -0.111. The lowest BCUT2D eigenvalue weighted by Gasteiger charge is -1.96. The molecule has 1 N–H and O–H groups in total. The Kier molecular flexibility index (Phi) is 3.59. The largest absolute Gasteiger partial charge is 0.297 e. The molecule has 0 aromatic carbocycles. The first-order chi connectivity index (χ1) is 10.0. The SMILES string of the molecule is Cc1nn(C)c(C)c1C=CC(=O)Nc1nnc(C2CC2)s1. The van der Waals surface area contributed by atoms with Crippen LogP contribution in [0.1, 0.15) is 40.7 Å². The Morgan fingerprint density at radius 1 is 1.38 bits per heavy atom. The predicted octanol–water partition coefficient (Wildman–Crippen LogP) is 2.42. The second kappa shape index (κ2) is 5.40. The molecule has 0 atom stereocenters. The maximum atomic E-state index is 11.9. The fourth-order valence-corrected chi connectivity index (χ4v) is 3.03. The summed E-state index contributed by atoms with van der Waals surface area (Å²) >= 11 is 1.46. The first-order valence-corrected chi connectivity index (χ1v) is 7.69. The standard InChI is InChI=1S/C14H17N5OS/c1-8-11(9(2)19(3)18-8)6-7-12(20)15-14-17-16-13(21-14)10-4-5-10/h6-7,10H,4-5H2,1-3H3,(H,15,17,20). The van der Waals surface area contributed by atoms with Crippen LogP contribution in [0.15, 0.2) is 6.08 Å². The third kappa shape index (κ3) is 3.02. The van der Waals surface area contributed by atoms with E-state index in [0.29, 0.717) is 11.0 Å². The fraction of sp³-hybridized carbons (Fsp3) is 0.429. The van der Waals surface area contributed by atoms with Crippen LogP contribution in [0.5, 0.6) is 0 Å². The van der Waals surface area contributed by atoms with Crippen molar-refractivity contribution in [3.63, 3.8) is 0 Å². The minimum atomic E-state index is -0.198. The second-order valence-corrected chi connectivity index (χ2v) is 6.26. The molecule has 2 aromatic rings. The topological polar surface area (TPSA) is 72.7 Å². The summed E-state index contributed by atoms with van der Waals surface area (Å²) in [4.78, 5) is 11.9. The molecule has 110 valence electrons. The molecule has 0 aliphatic heterocycles. The van der Waals surface area contributed by atoms with Gasteiger partial charge >= 0.3 is 0 Å². The van der Waals surface area contributed by atoms with Gasteiger partial charge in [-0.05, 0) is 32.8 Å². The molecule has 0 saturated heterocycles. The van der Waals surface area contributed by atoms with Gasteiger partial charge in [-0.3, -0.25) is 14.8 Å². The summed E-state index contributed by atoms with van der Waals surface area (Å²) in [6, 6.07) is 0. The predicted molar refractivity (Wildman–Crippen MR) is 82.2 cm³/mol. The number of rotatable bonds is 4. The van der Waals surface area contributed by atoms with Gasteiger partial charge in [-0.25, -0.2) is 0 Å².